The Morgan fingerprint density at radius 1 is 1.06 bits per heavy atom. The lowest BCUT2D eigenvalue weighted by molar-refractivity contribution is -0.161. The van der Waals surface area contributed by atoms with E-state index in [1.165, 1.54) is 0 Å². The zero-order valence-corrected chi connectivity index (χ0v) is 9.82. The maximum absolute atomic E-state index is 10.9. The third-order valence-corrected chi connectivity index (χ3v) is 4.50. The van der Waals surface area contributed by atoms with Gasteiger partial charge in [0, 0.05) is 0 Å². The highest BCUT2D eigenvalue weighted by atomic mass is 32.3. The van der Waals surface area contributed by atoms with Crippen LogP contribution in [0, 0.1) is 0 Å². The summed E-state index contributed by atoms with van der Waals surface area (Å²) in [5.74, 6) is -3.14. The predicted octanol–water partition coefficient (Wildman–Crippen LogP) is -2.65. The van der Waals surface area contributed by atoms with E-state index in [-0.39, 0.29) is 0 Å². The SMILES string of the molecule is COC(=O)C(=O)OB1OS(=O)(=O)CS(=O)(=O)O1. The van der Waals surface area contributed by atoms with E-state index in [1.54, 1.807) is 0 Å². The van der Waals surface area contributed by atoms with E-state index in [1.807, 2.05) is 0 Å². The van der Waals surface area contributed by atoms with E-state index in [0.29, 0.717) is 0 Å². The van der Waals surface area contributed by atoms with Gasteiger partial charge in [-0.3, -0.25) is 8.20 Å². The Hall–Kier alpha value is -1.18. The van der Waals surface area contributed by atoms with Gasteiger partial charge in [-0.2, -0.15) is 16.8 Å². The molecule has 0 bridgehead atoms. The van der Waals surface area contributed by atoms with Crippen molar-refractivity contribution in [2.75, 3.05) is 12.2 Å². The molecule has 0 N–H and O–H groups in total. The number of hydrogen-bond acceptors (Lipinski definition) is 10. The molecule has 0 atom stereocenters. The first kappa shape index (κ1) is 13.9. The number of hydrogen-bond donors (Lipinski definition) is 0. The number of esters is 1. The molecule has 1 heterocycles. The Morgan fingerprint density at radius 2 is 1.53 bits per heavy atom. The molecule has 0 saturated carbocycles. The summed E-state index contributed by atoms with van der Waals surface area (Å²) in [6.45, 7) is 0. The summed E-state index contributed by atoms with van der Waals surface area (Å²) in [5.41, 5.74) is 0. The number of carbonyl (C=O) groups excluding carboxylic acids is 2. The molecule has 1 aliphatic rings. The van der Waals surface area contributed by atoms with Crippen LogP contribution in [0.5, 0.6) is 0 Å². The van der Waals surface area contributed by atoms with Crippen molar-refractivity contribution in [2.24, 2.45) is 0 Å². The lowest BCUT2D eigenvalue weighted by Gasteiger charge is -2.17. The fraction of sp³-hybridized carbons (Fsp3) is 0.500. The average molecular weight is 288 g/mol. The molecule has 1 aliphatic heterocycles. The highest BCUT2D eigenvalue weighted by Gasteiger charge is 2.46. The molecule has 96 valence electrons. The van der Waals surface area contributed by atoms with Crippen molar-refractivity contribution in [1.29, 1.82) is 0 Å². The van der Waals surface area contributed by atoms with E-state index in [4.69, 9.17) is 0 Å². The van der Waals surface area contributed by atoms with Crippen molar-refractivity contribution in [3.63, 3.8) is 0 Å². The molecule has 1 saturated heterocycles. The molecule has 1 rings (SSSR count). The molecule has 0 radical (unpaired) electrons. The van der Waals surface area contributed by atoms with E-state index in [2.05, 4.69) is 17.6 Å². The van der Waals surface area contributed by atoms with Crippen molar-refractivity contribution >= 4 is 39.5 Å². The monoisotopic (exact) mass is 288 g/mol. The number of ether oxygens (including phenoxy) is 1. The van der Waals surface area contributed by atoms with Crippen LogP contribution in [-0.4, -0.2) is 48.3 Å². The van der Waals surface area contributed by atoms with E-state index >= 15 is 0 Å². The van der Waals surface area contributed by atoms with Crippen molar-refractivity contribution in [3.05, 3.63) is 0 Å². The molecule has 0 spiro atoms. The summed E-state index contributed by atoms with van der Waals surface area (Å²) >= 11 is 0. The van der Waals surface area contributed by atoms with Gasteiger partial charge in [0.2, 0.25) is 0 Å². The van der Waals surface area contributed by atoms with Crippen LogP contribution >= 0.6 is 0 Å². The molecule has 0 aliphatic carbocycles. The standard InChI is InChI=1S/C4H5BO10S2/c1-12-3(6)4(7)13-5-14-16(8,9)2-17(10,11)15-5/h2H2,1H3. The molecule has 0 aromatic rings. The average Bonchev–Trinajstić information content (AvgIpc) is 2.11. The van der Waals surface area contributed by atoms with Crippen LogP contribution in [0.15, 0.2) is 0 Å². The van der Waals surface area contributed by atoms with Crippen LogP contribution in [0.25, 0.3) is 0 Å². The Morgan fingerprint density at radius 3 is 1.94 bits per heavy atom. The Labute approximate surface area is 96.2 Å². The number of carbonyl (C=O) groups is 2. The molecule has 0 amide bonds. The Bertz CT molecular complexity index is 497. The van der Waals surface area contributed by atoms with Gasteiger partial charge in [0.15, 0.2) is 5.08 Å². The van der Waals surface area contributed by atoms with Crippen LogP contribution in [0.4, 0.5) is 0 Å². The Kier molecular flexibility index (Phi) is 3.76. The van der Waals surface area contributed by atoms with Crippen LogP contribution in [0.3, 0.4) is 0 Å². The fourth-order valence-electron chi connectivity index (χ4n) is 0.746. The van der Waals surface area contributed by atoms with Crippen LogP contribution in [0.1, 0.15) is 0 Å². The van der Waals surface area contributed by atoms with Crippen LogP contribution < -0.4 is 0 Å². The zero-order valence-electron chi connectivity index (χ0n) is 8.18. The minimum absolute atomic E-state index is 0.861. The Balaban J connectivity index is 2.80. The fourth-order valence-corrected chi connectivity index (χ4v) is 3.29. The second-order valence-electron chi connectivity index (χ2n) is 2.61. The van der Waals surface area contributed by atoms with Gasteiger partial charge in [0.25, 0.3) is 20.2 Å². The summed E-state index contributed by atoms with van der Waals surface area (Å²) in [5, 5.41) is -1.41. The number of rotatable bonds is 1. The quantitative estimate of drug-likeness (QED) is 0.285. The minimum Gasteiger partial charge on any atom is -0.475 e. The maximum Gasteiger partial charge on any atom is 0.745 e. The molecular formula is C4H5BO10S2. The minimum atomic E-state index is -4.46. The predicted molar refractivity (Wildman–Crippen MR) is 48.7 cm³/mol. The van der Waals surface area contributed by atoms with Crippen LogP contribution in [0.2, 0.25) is 0 Å². The molecule has 0 aromatic carbocycles. The normalized spacial score (nSPS) is 21.6. The van der Waals surface area contributed by atoms with E-state index < -0.39 is 44.6 Å². The van der Waals surface area contributed by atoms with E-state index in [9.17, 15) is 26.4 Å². The summed E-state index contributed by atoms with van der Waals surface area (Å²) in [4.78, 5) is 21.4. The topological polar surface area (TPSA) is 139 Å². The van der Waals surface area contributed by atoms with Gasteiger partial charge in [0.1, 0.15) is 0 Å². The molecule has 1 fully saturated rings. The molecule has 13 heteroatoms. The lowest BCUT2D eigenvalue weighted by atomic mass is 10.3. The molecular weight excluding hydrogens is 283 g/mol. The highest BCUT2D eigenvalue weighted by Crippen LogP contribution is 2.14. The van der Waals surface area contributed by atoms with E-state index in [0.717, 1.165) is 7.11 Å². The van der Waals surface area contributed by atoms with Gasteiger partial charge in [-0.25, -0.2) is 9.59 Å². The molecule has 10 nitrogen and oxygen atoms in total. The zero-order chi connectivity index (χ0) is 13.3. The smallest absolute Gasteiger partial charge is 0.475 e. The van der Waals surface area contributed by atoms with Gasteiger partial charge in [-0.1, -0.05) is 0 Å². The molecule has 17 heavy (non-hydrogen) atoms. The van der Waals surface area contributed by atoms with Gasteiger partial charge in [-0.15, -0.1) is 0 Å². The van der Waals surface area contributed by atoms with Gasteiger partial charge < -0.3 is 9.39 Å². The highest BCUT2D eigenvalue weighted by molar-refractivity contribution is 8.05. The van der Waals surface area contributed by atoms with Gasteiger partial charge >= 0.3 is 19.3 Å². The first-order valence-corrected chi connectivity index (χ1v) is 6.91. The van der Waals surface area contributed by atoms with Crippen molar-refractivity contribution < 1.29 is 44.0 Å². The first-order chi connectivity index (χ1) is 7.65. The largest absolute Gasteiger partial charge is 0.745 e. The first-order valence-electron chi connectivity index (χ1n) is 3.76. The second kappa shape index (κ2) is 4.60. The molecule has 0 unspecified atom stereocenters. The maximum atomic E-state index is 10.9. The summed E-state index contributed by atoms with van der Waals surface area (Å²) in [6, 6.07) is 0. The van der Waals surface area contributed by atoms with Crippen LogP contribution in [-0.2, 0) is 47.4 Å². The van der Waals surface area contributed by atoms with Gasteiger partial charge in [-0.05, 0) is 0 Å². The second-order valence-corrected chi connectivity index (χ2v) is 6.17. The summed E-state index contributed by atoms with van der Waals surface area (Å²) < 4.78 is 59.6. The van der Waals surface area contributed by atoms with Crippen molar-refractivity contribution in [2.45, 2.75) is 0 Å². The summed E-state index contributed by atoms with van der Waals surface area (Å²) in [7, 11) is -10.4. The third kappa shape index (κ3) is 3.96. The van der Waals surface area contributed by atoms with Crippen molar-refractivity contribution in [1.82, 2.24) is 0 Å². The third-order valence-electron chi connectivity index (χ3n) is 1.29. The number of methoxy groups -OCH3 is 1. The van der Waals surface area contributed by atoms with Crippen molar-refractivity contribution in [3.8, 4) is 0 Å². The summed E-state index contributed by atoms with van der Waals surface area (Å²) in [6.07, 6.45) is 0. The molecule has 0 aromatic heterocycles. The van der Waals surface area contributed by atoms with Gasteiger partial charge in [0.05, 0.1) is 7.11 Å². The lowest BCUT2D eigenvalue weighted by Crippen LogP contribution is -2.43.